The predicted octanol–water partition coefficient (Wildman–Crippen LogP) is 2.41. The van der Waals surface area contributed by atoms with Crippen LogP contribution in [0.4, 0.5) is 0 Å². The van der Waals surface area contributed by atoms with Crippen LogP contribution in [0.15, 0.2) is 59.7 Å². The molecule has 2 heterocycles. The molecule has 0 unspecified atom stereocenters. The van der Waals surface area contributed by atoms with Crippen LogP contribution in [0.25, 0.3) is 10.9 Å². The molecule has 22 heavy (non-hydrogen) atoms. The molecule has 1 aromatic carbocycles. The number of hydrogen-bond donors (Lipinski definition) is 2. The first-order valence-electron chi connectivity index (χ1n) is 6.98. The van der Waals surface area contributed by atoms with E-state index in [9.17, 15) is 9.59 Å². The van der Waals surface area contributed by atoms with Crippen molar-refractivity contribution in [3.8, 4) is 0 Å². The van der Waals surface area contributed by atoms with E-state index in [-0.39, 0.29) is 11.6 Å². The van der Waals surface area contributed by atoms with E-state index in [1.54, 1.807) is 24.5 Å². The van der Waals surface area contributed by atoms with E-state index in [2.05, 4.69) is 15.3 Å². The highest BCUT2D eigenvalue weighted by atomic mass is 16.2. The average Bonchev–Trinajstić information content (AvgIpc) is 2.54. The molecule has 1 atom stereocenters. The van der Waals surface area contributed by atoms with Crippen LogP contribution >= 0.6 is 0 Å². The number of carbonyl (C=O) groups excluding carboxylic acids is 1. The fraction of sp³-hybridized carbons (Fsp3) is 0.118. The second kappa shape index (κ2) is 5.81. The molecular weight excluding hydrogens is 278 g/mol. The molecule has 110 valence electrons. The minimum absolute atomic E-state index is 0.111. The molecule has 3 rings (SSSR count). The Morgan fingerprint density at radius 2 is 1.91 bits per heavy atom. The Balaban J connectivity index is 1.89. The molecule has 5 heteroatoms. The van der Waals surface area contributed by atoms with Crippen LogP contribution in [0.5, 0.6) is 0 Å². The van der Waals surface area contributed by atoms with Gasteiger partial charge in [0.05, 0.1) is 6.04 Å². The number of aromatic nitrogens is 2. The average molecular weight is 293 g/mol. The SMILES string of the molecule is C[C@@H](NC(=O)c1cc2ccccc2[nH]c1=O)c1ccncc1. The predicted molar refractivity (Wildman–Crippen MR) is 84.7 cm³/mol. The van der Waals surface area contributed by atoms with Gasteiger partial charge in [-0.3, -0.25) is 14.6 Å². The van der Waals surface area contributed by atoms with Gasteiger partial charge in [0.25, 0.3) is 11.5 Å². The number of aromatic amines is 1. The van der Waals surface area contributed by atoms with Gasteiger partial charge in [0.1, 0.15) is 5.56 Å². The summed E-state index contributed by atoms with van der Waals surface area (Å²) >= 11 is 0. The second-order valence-corrected chi connectivity index (χ2v) is 5.08. The van der Waals surface area contributed by atoms with Gasteiger partial charge < -0.3 is 10.3 Å². The van der Waals surface area contributed by atoms with Crippen molar-refractivity contribution in [1.82, 2.24) is 15.3 Å². The molecule has 0 fully saturated rings. The van der Waals surface area contributed by atoms with Crippen molar-refractivity contribution in [2.45, 2.75) is 13.0 Å². The fourth-order valence-corrected chi connectivity index (χ4v) is 2.33. The van der Waals surface area contributed by atoms with Crippen LogP contribution in [-0.2, 0) is 0 Å². The standard InChI is InChI=1S/C17H15N3O2/c1-11(12-6-8-18-9-7-12)19-16(21)14-10-13-4-2-3-5-15(13)20-17(14)22/h2-11H,1H3,(H,19,21)(H,20,22)/t11-/m1/s1. The van der Waals surface area contributed by atoms with Gasteiger partial charge in [-0.15, -0.1) is 0 Å². The summed E-state index contributed by atoms with van der Waals surface area (Å²) in [5.74, 6) is -0.392. The van der Waals surface area contributed by atoms with Crippen molar-refractivity contribution in [1.29, 1.82) is 0 Å². The Morgan fingerprint density at radius 3 is 2.68 bits per heavy atom. The zero-order chi connectivity index (χ0) is 15.5. The summed E-state index contributed by atoms with van der Waals surface area (Å²) in [6.45, 7) is 1.86. The first kappa shape index (κ1) is 14.0. The maximum atomic E-state index is 12.3. The molecule has 1 amide bonds. The third-order valence-corrected chi connectivity index (χ3v) is 3.55. The third-order valence-electron chi connectivity index (χ3n) is 3.55. The Kier molecular flexibility index (Phi) is 3.70. The molecular formula is C17H15N3O2. The van der Waals surface area contributed by atoms with Crippen LogP contribution in [0, 0.1) is 0 Å². The van der Waals surface area contributed by atoms with E-state index in [4.69, 9.17) is 0 Å². The van der Waals surface area contributed by atoms with Gasteiger partial charge in [-0.1, -0.05) is 18.2 Å². The largest absolute Gasteiger partial charge is 0.345 e. The van der Waals surface area contributed by atoms with Crippen LogP contribution in [0.1, 0.15) is 28.9 Å². The first-order valence-corrected chi connectivity index (χ1v) is 6.98. The number of benzene rings is 1. The van der Waals surface area contributed by atoms with Crippen molar-refractivity contribution in [2.24, 2.45) is 0 Å². The third kappa shape index (κ3) is 2.74. The summed E-state index contributed by atoms with van der Waals surface area (Å²) < 4.78 is 0. The topological polar surface area (TPSA) is 74.8 Å². The van der Waals surface area contributed by atoms with E-state index in [1.807, 2.05) is 37.3 Å². The normalized spacial score (nSPS) is 12.0. The molecule has 2 N–H and O–H groups in total. The molecule has 0 bridgehead atoms. The van der Waals surface area contributed by atoms with Gasteiger partial charge in [-0.05, 0) is 42.1 Å². The van der Waals surface area contributed by atoms with Crippen LogP contribution < -0.4 is 10.9 Å². The lowest BCUT2D eigenvalue weighted by molar-refractivity contribution is 0.0938. The number of hydrogen-bond acceptors (Lipinski definition) is 3. The number of rotatable bonds is 3. The van der Waals surface area contributed by atoms with Crippen molar-refractivity contribution in [2.75, 3.05) is 0 Å². The van der Waals surface area contributed by atoms with E-state index >= 15 is 0 Å². The lowest BCUT2D eigenvalue weighted by atomic mass is 10.1. The molecule has 0 radical (unpaired) electrons. The zero-order valence-electron chi connectivity index (χ0n) is 12.0. The summed E-state index contributed by atoms with van der Waals surface area (Å²) in [7, 11) is 0. The van der Waals surface area contributed by atoms with Crippen LogP contribution in [0.3, 0.4) is 0 Å². The molecule has 0 saturated carbocycles. The Labute approximate surface area is 127 Å². The number of carbonyl (C=O) groups is 1. The highest BCUT2D eigenvalue weighted by molar-refractivity contribution is 5.97. The van der Waals surface area contributed by atoms with E-state index in [0.717, 1.165) is 10.9 Å². The molecule has 0 aliphatic carbocycles. The van der Waals surface area contributed by atoms with Gasteiger partial charge in [0.2, 0.25) is 0 Å². The van der Waals surface area contributed by atoms with Gasteiger partial charge in [-0.2, -0.15) is 0 Å². The molecule has 0 saturated heterocycles. The molecule has 3 aromatic rings. The minimum Gasteiger partial charge on any atom is -0.345 e. The van der Waals surface area contributed by atoms with Crippen molar-refractivity contribution < 1.29 is 4.79 Å². The maximum absolute atomic E-state index is 12.3. The van der Waals surface area contributed by atoms with E-state index < -0.39 is 11.5 Å². The highest BCUT2D eigenvalue weighted by Crippen LogP contribution is 2.13. The summed E-state index contributed by atoms with van der Waals surface area (Å²) in [5.41, 5.74) is 1.37. The number of nitrogens with one attached hydrogen (secondary N) is 2. The smallest absolute Gasteiger partial charge is 0.261 e. The minimum atomic E-state index is -0.392. The number of H-pyrrole nitrogens is 1. The second-order valence-electron chi connectivity index (χ2n) is 5.08. The lowest BCUT2D eigenvalue weighted by Crippen LogP contribution is -2.31. The fourth-order valence-electron chi connectivity index (χ4n) is 2.33. The maximum Gasteiger partial charge on any atom is 0.261 e. The summed E-state index contributed by atoms with van der Waals surface area (Å²) in [6, 6.07) is 12.4. The summed E-state index contributed by atoms with van der Waals surface area (Å²) in [6.07, 6.45) is 3.33. The summed E-state index contributed by atoms with van der Waals surface area (Å²) in [5, 5.41) is 3.65. The molecule has 2 aromatic heterocycles. The number of amides is 1. The van der Waals surface area contributed by atoms with Crippen LogP contribution in [-0.4, -0.2) is 15.9 Å². The van der Waals surface area contributed by atoms with Crippen molar-refractivity contribution >= 4 is 16.8 Å². The Hall–Kier alpha value is -2.95. The number of pyridine rings is 2. The Morgan fingerprint density at radius 1 is 1.18 bits per heavy atom. The van der Waals surface area contributed by atoms with Crippen molar-refractivity contribution in [3.63, 3.8) is 0 Å². The van der Waals surface area contributed by atoms with Crippen LogP contribution in [0.2, 0.25) is 0 Å². The van der Waals surface area contributed by atoms with Gasteiger partial charge in [0.15, 0.2) is 0 Å². The number of fused-ring (bicyclic) bond motifs is 1. The van der Waals surface area contributed by atoms with Gasteiger partial charge >= 0.3 is 0 Å². The van der Waals surface area contributed by atoms with Gasteiger partial charge in [-0.25, -0.2) is 0 Å². The quantitative estimate of drug-likeness (QED) is 0.778. The molecule has 0 aliphatic rings. The lowest BCUT2D eigenvalue weighted by Gasteiger charge is -2.14. The first-order chi connectivity index (χ1) is 10.6. The van der Waals surface area contributed by atoms with E-state index in [0.29, 0.717) is 5.52 Å². The highest BCUT2D eigenvalue weighted by Gasteiger charge is 2.15. The van der Waals surface area contributed by atoms with Crippen molar-refractivity contribution in [3.05, 3.63) is 76.3 Å². The van der Waals surface area contributed by atoms with E-state index in [1.165, 1.54) is 0 Å². The Bertz CT molecular complexity index is 872. The molecule has 0 spiro atoms. The number of nitrogens with zero attached hydrogens (tertiary/aromatic N) is 1. The molecule has 5 nitrogen and oxygen atoms in total. The summed E-state index contributed by atoms with van der Waals surface area (Å²) in [4.78, 5) is 31.1. The van der Waals surface area contributed by atoms with Gasteiger partial charge in [0, 0.05) is 17.9 Å². The monoisotopic (exact) mass is 293 g/mol. The number of para-hydroxylation sites is 1. The molecule has 0 aliphatic heterocycles. The zero-order valence-corrected chi connectivity index (χ0v) is 12.0.